The number of aromatic amines is 1. The third kappa shape index (κ3) is 4.63. The maximum Gasteiger partial charge on any atom is 0.220 e. The molecule has 0 aliphatic carbocycles. The summed E-state index contributed by atoms with van der Waals surface area (Å²) in [6.45, 7) is 1.80. The lowest BCUT2D eigenvalue weighted by Crippen LogP contribution is -2.37. The second kappa shape index (κ2) is 7.23. The zero-order chi connectivity index (χ0) is 13.5. The Hall–Kier alpha value is -1.43. The van der Waals surface area contributed by atoms with E-state index in [1.165, 1.54) is 25.8 Å². The summed E-state index contributed by atoms with van der Waals surface area (Å²) in [7, 11) is 2.16. The predicted octanol–water partition coefficient (Wildman–Crippen LogP) is 0.728. The Morgan fingerprint density at radius 3 is 3.21 bits per heavy atom. The van der Waals surface area contributed by atoms with Crippen molar-refractivity contribution in [2.75, 3.05) is 20.1 Å². The van der Waals surface area contributed by atoms with Crippen LogP contribution in [-0.4, -0.2) is 52.4 Å². The summed E-state index contributed by atoms with van der Waals surface area (Å²) in [5.41, 5.74) is 0.882. The van der Waals surface area contributed by atoms with Gasteiger partial charge in [-0.2, -0.15) is 15.4 Å². The number of carbonyl (C=O) groups excluding carboxylic acids is 1. The Kier molecular flexibility index (Phi) is 5.32. The Labute approximate surface area is 113 Å². The Bertz CT molecular complexity index is 378. The van der Waals surface area contributed by atoms with E-state index in [-0.39, 0.29) is 5.91 Å². The zero-order valence-electron chi connectivity index (χ0n) is 11.6. The van der Waals surface area contributed by atoms with Gasteiger partial charge in [0.2, 0.25) is 5.91 Å². The van der Waals surface area contributed by atoms with Crippen molar-refractivity contribution in [2.45, 2.75) is 44.6 Å². The molecule has 0 saturated carbocycles. The van der Waals surface area contributed by atoms with E-state index >= 15 is 0 Å². The molecule has 2 N–H and O–H groups in total. The lowest BCUT2D eigenvalue weighted by atomic mass is 9.98. The smallest absolute Gasteiger partial charge is 0.220 e. The minimum atomic E-state index is 0.141. The van der Waals surface area contributed by atoms with Gasteiger partial charge in [-0.25, -0.2) is 0 Å². The van der Waals surface area contributed by atoms with Crippen molar-refractivity contribution in [3.63, 3.8) is 0 Å². The SMILES string of the molecule is CN1CCCC[C@@H]1CCC(=O)NCCc1cn[nH]n1. The number of nitrogens with zero attached hydrogens (tertiary/aromatic N) is 3. The Morgan fingerprint density at radius 1 is 1.58 bits per heavy atom. The molecule has 1 aliphatic rings. The van der Waals surface area contributed by atoms with Crippen LogP contribution in [-0.2, 0) is 11.2 Å². The fraction of sp³-hybridized carbons (Fsp3) is 0.769. The highest BCUT2D eigenvalue weighted by atomic mass is 16.1. The lowest BCUT2D eigenvalue weighted by Gasteiger charge is -2.32. The van der Waals surface area contributed by atoms with Crippen LogP contribution in [0.2, 0.25) is 0 Å². The highest BCUT2D eigenvalue weighted by molar-refractivity contribution is 5.75. The topological polar surface area (TPSA) is 73.9 Å². The quantitative estimate of drug-likeness (QED) is 0.795. The molecule has 1 saturated heterocycles. The highest BCUT2D eigenvalue weighted by Crippen LogP contribution is 2.18. The summed E-state index contributed by atoms with van der Waals surface area (Å²) in [4.78, 5) is 14.1. The van der Waals surface area contributed by atoms with Crippen molar-refractivity contribution in [1.29, 1.82) is 0 Å². The van der Waals surface area contributed by atoms with E-state index in [0.29, 0.717) is 19.0 Å². The van der Waals surface area contributed by atoms with E-state index in [9.17, 15) is 4.79 Å². The van der Waals surface area contributed by atoms with Crippen molar-refractivity contribution < 1.29 is 4.79 Å². The number of amides is 1. The van der Waals surface area contributed by atoms with Gasteiger partial charge in [-0.05, 0) is 32.9 Å². The maximum atomic E-state index is 11.7. The molecule has 2 rings (SSSR count). The molecule has 1 aromatic heterocycles. The Morgan fingerprint density at radius 2 is 2.47 bits per heavy atom. The molecule has 19 heavy (non-hydrogen) atoms. The molecule has 1 amide bonds. The number of piperidine rings is 1. The summed E-state index contributed by atoms with van der Waals surface area (Å²) >= 11 is 0. The van der Waals surface area contributed by atoms with Crippen molar-refractivity contribution in [3.8, 4) is 0 Å². The highest BCUT2D eigenvalue weighted by Gasteiger charge is 2.19. The molecule has 1 atom stereocenters. The maximum absolute atomic E-state index is 11.7. The number of nitrogens with one attached hydrogen (secondary N) is 2. The molecular weight excluding hydrogens is 242 g/mol. The number of carbonyl (C=O) groups is 1. The molecule has 0 bridgehead atoms. The summed E-state index contributed by atoms with van der Waals surface area (Å²) in [6.07, 6.45) is 7.80. The van der Waals surface area contributed by atoms with Crippen molar-refractivity contribution in [1.82, 2.24) is 25.6 Å². The van der Waals surface area contributed by atoms with Gasteiger partial charge in [0.05, 0.1) is 11.9 Å². The molecule has 1 fully saturated rings. The van der Waals surface area contributed by atoms with Crippen molar-refractivity contribution in [3.05, 3.63) is 11.9 Å². The van der Waals surface area contributed by atoms with Crippen molar-refractivity contribution >= 4 is 5.91 Å². The van der Waals surface area contributed by atoms with Crippen LogP contribution in [0.25, 0.3) is 0 Å². The van der Waals surface area contributed by atoms with Gasteiger partial charge in [0, 0.05) is 25.4 Å². The molecule has 0 aromatic carbocycles. The normalized spacial score (nSPS) is 20.4. The average molecular weight is 265 g/mol. The number of hydrogen-bond donors (Lipinski definition) is 2. The van der Waals surface area contributed by atoms with Gasteiger partial charge in [0.25, 0.3) is 0 Å². The number of likely N-dealkylation sites (tertiary alicyclic amines) is 1. The molecule has 2 heterocycles. The van der Waals surface area contributed by atoms with Gasteiger partial charge in [0.15, 0.2) is 0 Å². The number of rotatable bonds is 6. The first-order valence-electron chi connectivity index (χ1n) is 7.07. The molecule has 6 heteroatoms. The van der Waals surface area contributed by atoms with Crippen molar-refractivity contribution in [2.24, 2.45) is 0 Å². The van der Waals surface area contributed by atoms with E-state index in [0.717, 1.165) is 18.5 Å². The minimum absolute atomic E-state index is 0.141. The third-order valence-electron chi connectivity index (χ3n) is 3.79. The summed E-state index contributed by atoms with van der Waals surface area (Å²) < 4.78 is 0. The number of H-pyrrole nitrogens is 1. The van der Waals surface area contributed by atoms with Crippen LogP contribution in [0.3, 0.4) is 0 Å². The van der Waals surface area contributed by atoms with Crippen LogP contribution in [0, 0.1) is 0 Å². The molecule has 0 radical (unpaired) electrons. The molecule has 0 unspecified atom stereocenters. The summed E-state index contributed by atoms with van der Waals surface area (Å²) in [5, 5.41) is 13.2. The van der Waals surface area contributed by atoms with Crippen LogP contribution in [0.15, 0.2) is 6.20 Å². The zero-order valence-corrected chi connectivity index (χ0v) is 11.6. The largest absolute Gasteiger partial charge is 0.356 e. The van der Waals surface area contributed by atoms with E-state index in [2.05, 4.69) is 32.7 Å². The first-order chi connectivity index (χ1) is 9.25. The van der Waals surface area contributed by atoms with Gasteiger partial charge in [0.1, 0.15) is 0 Å². The average Bonchev–Trinajstić information content (AvgIpc) is 2.91. The molecular formula is C13H23N5O. The fourth-order valence-corrected chi connectivity index (χ4v) is 2.57. The molecule has 1 aromatic rings. The molecule has 106 valence electrons. The van der Waals surface area contributed by atoms with E-state index in [1.54, 1.807) is 6.20 Å². The van der Waals surface area contributed by atoms with Gasteiger partial charge < -0.3 is 10.2 Å². The molecule has 0 spiro atoms. The lowest BCUT2D eigenvalue weighted by molar-refractivity contribution is -0.121. The van der Waals surface area contributed by atoms with Gasteiger partial charge in [-0.15, -0.1) is 0 Å². The first kappa shape index (κ1) is 14.0. The molecule has 6 nitrogen and oxygen atoms in total. The molecule has 1 aliphatic heterocycles. The van der Waals surface area contributed by atoms with E-state index in [4.69, 9.17) is 0 Å². The van der Waals surface area contributed by atoms with Crippen LogP contribution in [0.5, 0.6) is 0 Å². The summed E-state index contributed by atoms with van der Waals surface area (Å²) in [6, 6.07) is 0.579. The number of aromatic nitrogens is 3. The van der Waals surface area contributed by atoms with Crippen LogP contribution < -0.4 is 5.32 Å². The monoisotopic (exact) mass is 265 g/mol. The number of hydrogen-bond acceptors (Lipinski definition) is 4. The third-order valence-corrected chi connectivity index (χ3v) is 3.79. The van der Waals surface area contributed by atoms with E-state index < -0.39 is 0 Å². The van der Waals surface area contributed by atoms with Crippen LogP contribution >= 0.6 is 0 Å². The standard InChI is InChI=1S/C13H23N5O/c1-18-9-3-2-4-12(18)5-6-13(19)14-8-7-11-10-15-17-16-11/h10,12H,2-9H2,1H3,(H,14,19)(H,15,16,17)/t12-/m1/s1. The van der Waals surface area contributed by atoms with Gasteiger partial charge in [-0.1, -0.05) is 6.42 Å². The minimum Gasteiger partial charge on any atom is -0.356 e. The second-order valence-electron chi connectivity index (χ2n) is 5.23. The van der Waals surface area contributed by atoms with Crippen LogP contribution in [0.4, 0.5) is 0 Å². The summed E-state index contributed by atoms with van der Waals surface area (Å²) in [5.74, 6) is 0.141. The fourth-order valence-electron chi connectivity index (χ4n) is 2.57. The van der Waals surface area contributed by atoms with Crippen LogP contribution in [0.1, 0.15) is 37.8 Å². The first-order valence-corrected chi connectivity index (χ1v) is 7.07. The Balaban J connectivity index is 1.59. The van der Waals surface area contributed by atoms with Gasteiger partial charge >= 0.3 is 0 Å². The van der Waals surface area contributed by atoms with Gasteiger partial charge in [-0.3, -0.25) is 4.79 Å². The second-order valence-corrected chi connectivity index (χ2v) is 5.23. The predicted molar refractivity (Wildman–Crippen MR) is 72.6 cm³/mol. The van der Waals surface area contributed by atoms with E-state index in [1.807, 2.05) is 0 Å².